The third-order valence-electron chi connectivity index (χ3n) is 1.25. The second-order valence-corrected chi connectivity index (χ2v) is 2.19. The molecule has 0 radical (unpaired) electrons. The predicted molar refractivity (Wildman–Crippen MR) is 41.3 cm³/mol. The van der Waals surface area contributed by atoms with E-state index in [-0.39, 0.29) is 12.4 Å². The number of hydrogen-bond donors (Lipinski definition) is 2. The van der Waals surface area contributed by atoms with Crippen molar-refractivity contribution in [3.8, 4) is 0 Å². The first-order valence-corrected chi connectivity index (χ1v) is 3.65. The van der Waals surface area contributed by atoms with Crippen molar-refractivity contribution in [3.63, 3.8) is 0 Å². The molecule has 5 nitrogen and oxygen atoms in total. The fourth-order valence-corrected chi connectivity index (χ4v) is 0.618. The summed E-state index contributed by atoms with van der Waals surface area (Å²) in [6, 6.07) is 0. The van der Waals surface area contributed by atoms with E-state index in [1.807, 2.05) is 0 Å². The highest BCUT2D eigenvalue weighted by Gasteiger charge is 2.00. The SMILES string of the molecule is COC(=O)CCCNC(=O)CO. The Morgan fingerprint density at radius 1 is 1.50 bits per heavy atom. The first-order chi connectivity index (χ1) is 5.70. The van der Waals surface area contributed by atoms with E-state index in [0.29, 0.717) is 13.0 Å². The van der Waals surface area contributed by atoms with Crippen LogP contribution in [-0.2, 0) is 14.3 Å². The fraction of sp³-hybridized carbons (Fsp3) is 0.714. The quantitative estimate of drug-likeness (QED) is 0.417. The third-order valence-corrected chi connectivity index (χ3v) is 1.25. The van der Waals surface area contributed by atoms with Crippen LogP contribution >= 0.6 is 0 Å². The Balaban J connectivity index is 3.21. The minimum Gasteiger partial charge on any atom is -0.469 e. The first kappa shape index (κ1) is 10.9. The molecule has 0 aliphatic heterocycles. The Morgan fingerprint density at radius 3 is 2.67 bits per heavy atom. The number of ether oxygens (including phenoxy) is 1. The smallest absolute Gasteiger partial charge is 0.305 e. The van der Waals surface area contributed by atoms with Gasteiger partial charge in [0.2, 0.25) is 5.91 Å². The van der Waals surface area contributed by atoms with Crippen LogP contribution < -0.4 is 5.32 Å². The topological polar surface area (TPSA) is 75.6 Å². The molecule has 0 heterocycles. The largest absolute Gasteiger partial charge is 0.469 e. The predicted octanol–water partition coefficient (Wildman–Crippen LogP) is -0.952. The Hall–Kier alpha value is -1.10. The van der Waals surface area contributed by atoms with E-state index in [9.17, 15) is 9.59 Å². The molecule has 0 spiro atoms. The summed E-state index contributed by atoms with van der Waals surface area (Å²) in [5, 5.41) is 10.7. The van der Waals surface area contributed by atoms with Crippen LogP contribution in [0.1, 0.15) is 12.8 Å². The number of rotatable bonds is 5. The number of amides is 1. The van der Waals surface area contributed by atoms with Gasteiger partial charge in [-0.15, -0.1) is 0 Å². The average molecular weight is 175 g/mol. The van der Waals surface area contributed by atoms with Gasteiger partial charge >= 0.3 is 5.97 Å². The lowest BCUT2D eigenvalue weighted by Gasteiger charge is -2.01. The van der Waals surface area contributed by atoms with Crippen molar-refractivity contribution in [3.05, 3.63) is 0 Å². The summed E-state index contributed by atoms with van der Waals surface area (Å²) < 4.78 is 4.38. The van der Waals surface area contributed by atoms with Crippen LogP contribution in [0.15, 0.2) is 0 Å². The molecule has 12 heavy (non-hydrogen) atoms. The van der Waals surface area contributed by atoms with Gasteiger partial charge in [-0.1, -0.05) is 0 Å². The molecule has 0 aromatic carbocycles. The molecule has 0 atom stereocenters. The van der Waals surface area contributed by atoms with E-state index in [2.05, 4.69) is 10.1 Å². The molecule has 0 bridgehead atoms. The van der Waals surface area contributed by atoms with Gasteiger partial charge in [-0.3, -0.25) is 9.59 Å². The number of aliphatic hydroxyl groups is 1. The van der Waals surface area contributed by atoms with Crippen LogP contribution in [0.25, 0.3) is 0 Å². The highest BCUT2D eigenvalue weighted by Crippen LogP contribution is 1.88. The number of esters is 1. The van der Waals surface area contributed by atoms with Crippen LogP contribution in [0.4, 0.5) is 0 Å². The van der Waals surface area contributed by atoms with Crippen LogP contribution in [0.2, 0.25) is 0 Å². The monoisotopic (exact) mass is 175 g/mol. The molecule has 1 amide bonds. The molecule has 0 aromatic rings. The molecule has 0 saturated heterocycles. The molecule has 0 aliphatic carbocycles. The van der Waals surface area contributed by atoms with Crippen molar-refractivity contribution >= 4 is 11.9 Å². The molecule has 2 N–H and O–H groups in total. The maximum atomic E-state index is 10.5. The lowest BCUT2D eigenvalue weighted by Crippen LogP contribution is -2.27. The molecule has 0 unspecified atom stereocenters. The Morgan fingerprint density at radius 2 is 2.17 bits per heavy atom. The molecule has 5 heteroatoms. The molecular weight excluding hydrogens is 162 g/mol. The minimum absolute atomic E-state index is 0.280. The number of aliphatic hydroxyl groups excluding tert-OH is 1. The van der Waals surface area contributed by atoms with Gasteiger partial charge in [-0.2, -0.15) is 0 Å². The lowest BCUT2D eigenvalue weighted by atomic mass is 10.3. The number of methoxy groups -OCH3 is 1. The van der Waals surface area contributed by atoms with Crippen molar-refractivity contribution in [2.24, 2.45) is 0 Å². The Kier molecular flexibility index (Phi) is 6.00. The van der Waals surface area contributed by atoms with Gasteiger partial charge in [0.15, 0.2) is 0 Å². The number of nitrogens with one attached hydrogen (secondary N) is 1. The van der Waals surface area contributed by atoms with E-state index in [0.717, 1.165) is 0 Å². The summed E-state index contributed by atoms with van der Waals surface area (Å²) >= 11 is 0. The maximum Gasteiger partial charge on any atom is 0.305 e. The van der Waals surface area contributed by atoms with Crippen molar-refractivity contribution in [1.29, 1.82) is 0 Å². The van der Waals surface area contributed by atoms with Gasteiger partial charge < -0.3 is 15.2 Å². The normalized spacial score (nSPS) is 9.17. The number of hydrogen-bond acceptors (Lipinski definition) is 4. The summed E-state index contributed by atoms with van der Waals surface area (Å²) in [6.45, 7) is -0.132. The molecule has 0 rings (SSSR count). The summed E-state index contributed by atoms with van der Waals surface area (Å²) in [7, 11) is 1.31. The molecule has 0 aliphatic rings. The van der Waals surface area contributed by atoms with Crippen molar-refractivity contribution in [1.82, 2.24) is 5.32 Å². The second kappa shape index (κ2) is 6.60. The van der Waals surface area contributed by atoms with Gasteiger partial charge in [0.25, 0.3) is 0 Å². The van der Waals surface area contributed by atoms with Crippen LogP contribution in [0, 0.1) is 0 Å². The third kappa shape index (κ3) is 5.67. The number of carbonyl (C=O) groups is 2. The van der Waals surface area contributed by atoms with Crippen LogP contribution in [0.3, 0.4) is 0 Å². The van der Waals surface area contributed by atoms with Crippen LogP contribution in [-0.4, -0.2) is 37.2 Å². The summed E-state index contributed by atoms with van der Waals surface area (Å²) in [6.07, 6.45) is 0.806. The van der Waals surface area contributed by atoms with Gasteiger partial charge in [0.1, 0.15) is 6.61 Å². The Labute approximate surface area is 70.7 Å². The zero-order chi connectivity index (χ0) is 9.40. The van der Waals surface area contributed by atoms with Gasteiger partial charge in [0.05, 0.1) is 7.11 Å². The molecular formula is C7H13NO4. The van der Waals surface area contributed by atoms with Gasteiger partial charge in [0, 0.05) is 13.0 Å². The summed E-state index contributed by atoms with van der Waals surface area (Å²) in [5.74, 6) is -0.729. The van der Waals surface area contributed by atoms with E-state index in [1.165, 1.54) is 7.11 Å². The van der Waals surface area contributed by atoms with Crippen molar-refractivity contribution in [2.75, 3.05) is 20.3 Å². The zero-order valence-corrected chi connectivity index (χ0v) is 7.00. The minimum atomic E-state index is -0.516. The second-order valence-electron chi connectivity index (χ2n) is 2.19. The highest BCUT2D eigenvalue weighted by molar-refractivity contribution is 5.76. The van der Waals surface area contributed by atoms with Gasteiger partial charge in [-0.05, 0) is 6.42 Å². The maximum absolute atomic E-state index is 10.5. The lowest BCUT2D eigenvalue weighted by molar-refractivity contribution is -0.140. The van der Waals surface area contributed by atoms with E-state index in [1.54, 1.807) is 0 Å². The zero-order valence-electron chi connectivity index (χ0n) is 7.00. The molecule has 0 aromatic heterocycles. The molecule has 0 fully saturated rings. The molecule has 70 valence electrons. The van der Waals surface area contributed by atoms with E-state index in [4.69, 9.17) is 5.11 Å². The van der Waals surface area contributed by atoms with Gasteiger partial charge in [-0.25, -0.2) is 0 Å². The van der Waals surface area contributed by atoms with E-state index >= 15 is 0 Å². The first-order valence-electron chi connectivity index (χ1n) is 3.65. The van der Waals surface area contributed by atoms with Crippen molar-refractivity contribution < 1.29 is 19.4 Å². The molecule has 0 saturated carbocycles. The van der Waals surface area contributed by atoms with Crippen LogP contribution in [0.5, 0.6) is 0 Å². The summed E-state index contributed by atoms with van der Waals surface area (Å²) in [5.41, 5.74) is 0. The highest BCUT2D eigenvalue weighted by atomic mass is 16.5. The Bertz CT molecular complexity index is 139. The fourth-order valence-electron chi connectivity index (χ4n) is 0.618. The standard InChI is InChI=1S/C7H13NO4/c1-12-7(11)3-2-4-8-6(10)5-9/h9H,2-5H2,1H3,(H,8,10). The van der Waals surface area contributed by atoms with E-state index < -0.39 is 12.5 Å². The summed E-state index contributed by atoms with van der Waals surface area (Å²) in [4.78, 5) is 21.0. The van der Waals surface area contributed by atoms with Crippen molar-refractivity contribution in [2.45, 2.75) is 12.8 Å². The average Bonchev–Trinajstić information content (AvgIpc) is 2.11. The number of carbonyl (C=O) groups excluding carboxylic acids is 2.